The number of aromatic nitrogens is 1. The number of nitrogens with one attached hydrogen (secondary N) is 1. The highest BCUT2D eigenvalue weighted by molar-refractivity contribution is 6.38. The SMILES string of the molecule is NNc1c2c(nc3c(Cl)cc(Cl)cc13)CCCCC2. The Labute approximate surface area is 122 Å². The molecule has 0 bridgehead atoms. The zero-order valence-corrected chi connectivity index (χ0v) is 12.0. The fourth-order valence-electron chi connectivity index (χ4n) is 2.79. The van der Waals surface area contributed by atoms with Crippen molar-refractivity contribution < 1.29 is 0 Å². The smallest absolute Gasteiger partial charge is 0.0913 e. The molecule has 0 fully saturated rings. The summed E-state index contributed by atoms with van der Waals surface area (Å²) in [6.07, 6.45) is 5.55. The fraction of sp³-hybridized carbons (Fsp3) is 0.357. The van der Waals surface area contributed by atoms with Crippen LogP contribution >= 0.6 is 23.2 Å². The molecular formula is C14H15Cl2N3. The van der Waals surface area contributed by atoms with Crippen molar-refractivity contribution in [2.75, 3.05) is 5.43 Å². The number of hydrogen-bond acceptors (Lipinski definition) is 3. The van der Waals surface area contributed by atoms with Crippen LogP contribution in [0.25, 0.3) is 10.9 Å². The number of hydrazine groups is 1. The zero-order valence-electron chi connectivity index (χ0n) is 10.5. The lowest BCUT2D eigenvalue weighted by Crippen LogP contribution is -2.12. The maximum absolute atomic E-state index is 6.26. The summed E-state index contributed by atoms with van der Waals surface area (Å²) < 4.78 is 0. The van der Waals surface area contributed by atoms with Crippen molar-refractivity contribution in [1.29, 1.82) is 0 Å². The van der Waals surface area contributed by atoms with Gasteiger partial charge in [-0.15, -0.1) is 0 Å². The molecule has 2 aromatic rings. The van der Waals surface area contributed by atoms with E-state index in [-0.39, 0.29) is 0 Å². The van der Waals surface area contributed by atoms with Crippen LogP contribution in [0.4, 0.5) is 5.69 Å². The monoisotopic (exact) mass is 295 g/mol. The summed E-state index contributed by atoms with van der Waals surface area (Å²) >= 11 is 12.3. The molecule has 1 aromatic carbocycles. The molecule has 0 saturated carbocycles. The van der Waals surface area contributed by atoms with Gasteiger partial charge in [-0.05, 0) is 43.4 Å². The number of fused-ring (bicyclic) bond motifs is 2. The molecule has 3 nitrogen and oxygen atoms in total. The first-order valence-electron chi connectivity index (χ1n) is 6.48. The third-order valence-electron chi connectivity index (χ3n) is 3.68. The average Bonchev–Trinajstić information content (AvgIpc) is 2.61. The Kier molecular flexibility index (Phi) is 3.52. The Morgan fingerprint density at radius 2 is 1.89 bits per heavy atom. The van der Waals surface area contributed by atoms with Gasteiger partial charge in [-0.2, -0.15) is 0 Å². The predicted octanol–water partition coefficient (Wildman–Crippen LogP) is 4.10. The first-order valence-corrected chi connectivity index (χ1v) is 7.23. The van der Waals surface area contributed by atoms with Gasteiger partial charge < -0.3 is 5.43 Å². The molecule has 1 aliphatic carbocycles. The van der Waals surface area contributed by atoms with Crippen molar-refractivity contribution >= 4 is 39.8 Å². The minimum absolute atomic E-state index is 0.575. The van der Waals surface area contributed by atoms with Gasteiger partial charge in [0.15, 0.2) is 0 Å². The molecule has 1 aliphatic rings. The van der Waals surface area contributed by atoms with Gasteiger partial charge in [-0.3, -0.25) is 10.8 Å². The molecule has 100 valence electrons. The third-order valence-corrected chi connectivity index (χ3v) is 4.19. The fourth-order valence-corrected chi connectivity index (χ4v) is 3.33. The van der Waals surface area contributed by atoms with E-state index < -0.39 is 0 Å². The molecule has 3 rings (SSSR count). The molecule has 5 heteroatoms. The van der Waals surface area contributed by atoms with Crippen LogP contribution in [0.1, 0.15) is 30.5 Å². The van der Waals surface area contributed by atoms with E-state index in [0.29, 0.717) is 10.0 Å². The number of nitrogens with two attached hydrogens (primary N) is 1. The number of nitrogen functional groups attached to an aromatic ring is 1. The third kappa shape index (κ3) is 2.27. The van der Waals surface area contributed by atoms with Crippen molar-refractivity contribution in [2.24, 2.45) is 5.84 Å². The number of hydrogen-bond donors (Lipinski definition) is 2. The van der Waals surface area contributed by atoms with E-state index in [1.807, 2.05) is 6.07 Å². The molecule has 3 N–H and O–H groups in total. The van der Waals surface area contributed by atoms with Gasteiger partial charge in [0.05, 0.1) is 16.2 Å². The highest BCUT2D eigenvalue weighted by Gasteiger charge is 2.18. The molecular weight excluding hydrogens is 281 g/mol. The van der Waals surface area contributed by atoms with Crippen LogP contribution < -0.4 is 11.3 Å². The van der Waals surface area contributed by atoms with E-state index in [2.05, 4.69) is 5.43 Å². The van der Waals surface area contributed by atoms with Crippen molar-refractivity contribution in [1.82, 2.24) is 4.98 Å². The van der Waals surface area contributed by atoms with Crippen molar-refractivity contribution in [3.8, 4) is 0 Å². The highest BCUT2D eigenvalue weighted by atomic mass is 35.5. The number of aryl methyl sites for hydroxylation is 1. The Hall–Kier alpha value is -1.03. The molecule has 0 amide bonds. The summed E-state index contributed by atoms with van der Waals surface area (Å²) in [5, 5.41) is 2.08. The Bertz CT molecular complexity index is 640. The molecule has 0 atom stereocenters. The van der Waals surface area contributed by atoms with Gasteiger partial charge in [0, 0.05) is 16.1 Å². The molecule has 19 heavy (non-hydrogen) atoms. The van der Waals surface area contributed by atoms with E-state index in [4.69, 9.17) is 34.0 Å². The molecule has 1 heterocycles. The maximum Gasteiger partial charge on any atom is 0.0913 e. The van der Waals surface area contributed by atoms with Crippen LogP contribution in [0.3, 0.4) is 0 Å². The van der Waals surface area contributed by atoms with Crippen LogP contribution in [0, 0.1) is 0 Å². The summed E-state index contributed by atoms with van der Waals surface area (Å²) in [6.45, 7) is 0. The maximum atomic E-state index is 6.26. The number of halogens is 2. The van der Waals surface area contributed by atoms with Gasteiger partial charge in [0.2, 0.25) is 0 Å². The Morgan fingerprint density at radius 1 is 1.11 bits per heavy atom. The van der Waals surface area contributed by atoms with Gasteiger partial charge >= 0.3 is 0 Å². The van der Waals surface area contributed by atoms with Crippen LogP contribution in [0.5, 0.6) is 0 Å². The Balaban J connectivity index is 2.36. The lowest BCUT2D eigenvalue weighted by atomic mass is 10.0. The van der Waals surface area contributed by atoms with Crippen LogP contribution in [-0.2, 0) is 12.8 Å². The number of anilines is 1. The number of pyridine rings is 1. The summed E-state index contributed by atoms with van der Waals surface area (Å²) in [5.74, 6) is 5.73. The number of rotatable bonds is 1. The van der Waals surface area contributed by atoms with E-state index in [1.165, 1.54) is 24.8 Å². The minimum Gasteiger partial charge on any atom is -0.323 e. The second-order valence-electron chi connectivity index (χ2n) is 4.90. The topological polar surface area (TPSA) is 50.9 Å². The van der Waals surface area contributed by atoms with Crippen LogP contribution in [-0.4, -0.2) is 4.98 Å². The van der Waals surface area contributed by atoms with Crippen LogP contribution in [0.15, 0.2) is 12.1 Å². The molecule has 0 unspecified atom stereocenters. The molecule has 1 aromatic heterocycles. The second kappa shape index (κ2) is 5.16. The Morgan fingerprint density at radius 3 is 2.68 bits per heavy atom. The highest BCUT2D eigenvalue weighted by Crippen LogP contribution is 2.36. The molecule has 0 aliphatic heterocycles. The van der Waals surface area contributed by atoms with Crippen molar-refractivity contribution in [3.05, 3.63) is 33.4 Å². The van der Waals surface area contributed by atoms with Crippen molar-refractivity contribution in [2.45, 2.75) is 32.1 Å². The summed E-state index contributed by atoms with van der Waals surface area (Å²) in [6, 6.07) is 3.60. The largest absolute Gasteiger partial charge is 0.323 e. The zero-order chi connectivity index (χ0) is 13.4. The summed E-state index contributed by atoms with van der Waals surface area (Å²) in [4.78, 5) is 4.74. The summed E-state index contributed by atoms with van der Waals surface area (Å²) in [5.41, 5.74) is 6.85. The quantitative estimate of drug-likeness (QED) is 0.473. The van der Waals surface area contributed by atoms with Gasteiger partial charge in [-0.25, -0.2) is 0 Å². The van der Waals surface area contributed by atoms with E-state index >= 15 is 0 Å². The minimum atomic E-state index is 0.575. The average molecular weight is 296 g/mol. The summed E-state index contributed by atoms with van der Waals surface area (Å²) in [7, 11) is 0. The normalized spacial score (nSPS) is 15.1. The predicted molar refractivity (Wildman–Crippen MR) is 80.8 cm³/mol. The standard InChI is InChI=1S/C14H15Cl2N3/c15-8-6-10-13(19-17)9-4-2-1-3-5-12(9)18-14(10)11(16)7-8/h6-7H,1-5,17H2,(H,18,19). The van der Waals surface area contributed by atoms with E-state index in [0.717, 1.165) is 35.1 Å². The van der Waals surface area contributed by atoms with Gasteiger partial charge in [0.1, 0.15) is 0 Å². The van der Waals surface area contributed by atoms with Gasteiger partial charge in [-0.1, -0.05) is 29.6 Å². The van der Waals surface area contributed by atoms with Crippen LogP contribution in [0.2, 0.25) is 10.0 Å². The van der Waals surface area contributed by atoms with E-state index in [1.54, 1.807) is 6.07 Å². The molecule has 0 spiro atoms. The lowest BCUT2D eigenvalue weighted by Gasteiger charge is -2.15. The molecule has 0 saturated heterocycles. The first kappa shape index (κ1) is 13.0. The first-order chi connectivity index (χ1) is 9.20. The van der Waals surface area contributed by atoms with Crippen molar-refractivity contribution in [3.63, 3.8) is 0 Å². The molecule has 0 radical (unpaired) electrons. The van der Waals surface area contributed by atoms with E-state index in [9.17, 15) is 0 Å². The second-order valence-corrected chi connectivity index (χ2v) is 5.74. The number of benzene rings is 1. The lowest BCUT2D eigenvalue weighted by molar-refractivity contribution is 0.709. The van der Waals surface area contributed by atoms with Gasteiger partial charge in [0.25, 0.3) is 0 Å². The number of nitrogens with zero attached hydrogens (tertiary/aromatic N) is 1.